The monoisotopic (exact) mass is 291 g/mol. The highest BCUT2D eigenvalue weighted by atomic mass is 32.2. The molecule has 3 heteroatoms. The maximum absolute atomic E-state index is 5.49. The van der Waals surface area contributed by atoms with Gasteiger partial charge in [0, 0.05) is 17.8 Å². The Balaban J connectivity index is 1.72. The molecule has 1 aromatic carbocycles. The Bertz CT molecular complexity index is 396. The third kappa shape index (κ3) is 4.88. The molecule has 0 unspecified atom stereocenters. The van der Waals surface area contributed by atoms with Crippen LogP contribution < -0.4 is 10.1 Å². The minimum atomic E-state index is 0.566. The van der Waals surface area contributed by atoms with Crippen LogP contribution in [0.1, 0.15) is 31.2 Å². The van der Waals surface area contributed by atoms with Crippen LogP contribution >= 0.6 is 11.8 Å². The van der Waals surface area contributed by atoms with Gasteiger partial charge in [0.1, 0.15) is 12.4 Å². The molecule has 0 aliphatic heterocycles. The van der Waals surface area contributed by atoms with Crippen molar-refractivity contribution in [2.75, 3.05) is 12.9 Å². The first-order valence-electron chi connectivity index (χ1n) is 7.40. The summed E-state index contributed by atoms with van der Waals surface area (Å²) in [5.41, 5.74) is 1.32. The number of rotatable bonds is 7. The van der Waals surface area contributed by atoms with Crippen LogP contribution in [0, 0.1) is 0 Å². The van der Waals surface area contributed by atoms with Gasteiger partial charge in [-0.1, -0.05) is 24.8 Å². The highest BCUT2D eigenvalue weighted by molar-refractivity contribution is 7.99. The summed E-state index contributed by atoms with van der Waals surface area (Å²) >= 11 is 2.02. The van der Waals surface area contributed by atoms with Crippen LogP contribution in [0.3, 0.4) is 0 Å². The van der Waals surface area contributed by atoms with Crippen molar-refractivity contribution in [3.63, 3.8) is 0 Å². The quantitative estimate of drug-likeness (QED) is 0.767. The second kappa shape index (κ2) is 8.38. The molecule has 0 atom stereocenters. The Labute approximate surface area is 127 Å². The van der Waals surface area contributed by atoms with Crippen molar-refractivity contribution in [2.45, 2.75) is 43.5 Å². The van der Waals surface area contributed by atoms with Crippen LogP contribution in [0.15, 0.2) is 36.9 Å². The molecular formula is C17H25NOS. The molecule has 0 radical (unpaired) electrons. The zero-order valence-corrected chi connectivity index (χ0v) is 13.1. The predicted molar refractivity (Wildman–Crippen MR) is 88.5 cm³/mol. The Hall–Kier alpha value is -0.930. The molecule has 110 valence electrons. The summed E-state index contributed by atoms with van der Waals surface area (Å²) in [6.45, 7) is 5.17. The highest BCUT2D eigenvalue weighted by Gasteiger charge is 2.19. The molecule has 1 aliphatic carbocycles. The molecule has 2 nitrogen and oxygen atoms in total. The molecule has 0 heterocycles. The Kier molecular flexibility index (Phi) is 6.48. The Morgan fingerprint density at radius 3 is 2.55 bits per heavy atom. The van der Waals surface area contributed by atoms with Gasteiger partial charge in [0.15, 0.2) is 0 Å². The summed E-state index contributed by atoms with van der Waals surface area (Å²) in [5, 5.41) is 4.56. The minimum absolute atomic E-state index is 0.566. The van der Waals surface area contributed by atoms with Gasteiger partial charge in [0.05, 0.1) is 0 Å². The zero-order chi connectivity index (χ0) is 14.2. The summed E-state index contributed by atoms with van der Waals surface area (Å²) in [6.07, 6.45) is 9.33. The maximum atomic E-state index is 5.49. The molecule has 0 saturated heterocycles. The number of hydrogen-bond donors (Lipinski definition) is 1. The lowest BCUT2D eigenvalue weighted by molar-refractivity contribution is 0.362. The maximum Gasteiger partial charge on any atom is 0.119 e. The molecule has 0 aromatic heterocycles. The smallest absolute Gasteiger partial charge is 0.119 e. The van der Waals surface area contributed by atoms with Crippen molar-refractivity contribution in [1.29, 1.82) is 0 Å². The van der Waals surface area contributed by atoms with Gasteiger partial charge in [0.25, 0.3) is 0 Å². The fraction of sp³-hybridized carbons (Fsp3) is 0.529. The average Bonchev–Trinajstić information content (AvgIpc) is 2.52. The van der Waals surface area contributed by atoms with Crippen molar-refractivity contribution in [1.82, 2.24) is 5.32 Å². The minimum Gasteiger partial charge on any atom is -0.490 e. The van der Waals surface area contributed by atoms with Crippen LogP contribution in [0.5, 0.6) is 5.75 Å². The van der Waals surface area contributed by atoms with Crippen LogP contribution in [0.4, 0.5) is 0 Å². The third-order valence-corrected chi connectivity index (χ3v) is 5.03. The van der Waals surface area contributed by atoms with E-state index in [0.717, 1.165) is 17.5 Å². The van der Waals surface area contributed by atoms with Crippen LogP contribution in [0.2, 0.25) is 0 Å². The normalized spacial score (nSPS) is 22.4. The number of thioether (sulfide) groups is 1. The molecule has 1 aliphatic rings. The average molecular weight is 291 g/mol. The number of hydrogen-bond acceptors (Lipinski definition) is 3. The molecule has 0 bridgehead atoms. The molecule has 1 saturated carbocycles. The molecular weight excluding hydrogens is 266 g/mol. The first kappa shape index (κ1) is 15.5. The zero-order valence-electron chi connectivity index (χ0n) is 12.3. The van der Waals surface area contributed by atoms with Crippen molar-refractivity contribution in [3.05, 3.63) is 42.5 Å². The largest absolute Gasteiger partial charge is 0.490 e. The Morgan fingerprint density at radius 2 is 1.95 bits per heavy atom. The fourth-order valence-corrected chi connectivity index (χ4v) is 3.37. The van der Waals surface area contributed by atoms with Gasteiger partial charge in [-0.05, 0) is 49.6 Å². The first-order valence-corrected chi connectivity index (χ1v) is 8.69. The highest BCUT2D eigenvalue weighted by Crippen LogP contribution is 2.27. The van der Waals surface area contributed by atoms with Crippen molar-refractivity contribution in [3.8, 4) is 5.75 Å². The number of benzene rings is 1. The van der Waals surface area contributed by atoms with E-state index in [-0.39, 0.29) is 0 Å². The van der Waals surface area contributed by atoms with E-state index in [0.29, 0.717) is 12.6 Å². The molecule has 20 heavy (non-hydrogen) atoms. The molecule has 1 aromatic rings. The van der Waals surface area contributed by atoms with E-state index in [9.17, 15) is 0 Å². The van der Waals surface area contributed by atoms with Crippen LogP contribution in [0.25, 0.3) is 0 Å². The second-order valence-corrected chi connectivity index (χ2v) is 6.47. The SMILES string of the molecule is C=CCOc1ccc(CNC2CCC(SC)CC2)cc1. The second-order valence-electron chi connectivity index (χ2n) is 5.33. The molecule has 1 fully saturated rings. The van der Waals surface area contributed by atoms with Gasteiger partial charge >= 0.3 is 0 Å². The molecule has 0 amide bonds. The van der Waals surface area contributed by atoms with E-state index in [1.165, 1.54) is 31.2 Å². The third-order valence-electron chi connectivity index (χ3n) is 3.89. The number of nitrogens with one attached hydrogen (secondary N) is 1. The summed E-state index contributed by atoms with van der Waals surface area (Å²) in [5.74, 6) is 0.911. The lowest BCUT2D eigenvalue weighted by Gasteiger charge is -2.28. The van der Waals surface area contributed by atoms with E-state index in [4.69, 9.17) is 4.74 Å². The van der Waals surface area contributed by atoms with Gasteiger partial charge in [-0.15, -0.1) is 0 Å². The van der Waals surface area contributed by atoms with Crippen molar-refractivity contribution >= 4 is 11.8 Å². The van der Waals surface area contributed by atoms with Gasteiger partial charge in [-0.25, -0.2) is 0 Å². The van der Waals surface area contributed by atoms with Crippen molar-refractivity contribution < 1.29 is 4.74 Å². The van der Waals surface area contributed by atoms with Gasteiger partial charge in [-0.2, -0.15) is 11.8 Å². The van der Waals surface area contributed by atoms with E-state index in [1.54, 1.807) is 6.08 Å². The van der Waals surface area contributed by atoms with Gasteiger partial charge in [-0.3, -0.25) is 0 Å². The summed E-state index contributed by atoms with van der Waals surface area (Å²) in [4.78, 5) is 0. The molecule has 1 N–H and O–H groups in total. The summed E-state index contributed by atoms with van der Waals surface area (Å²) in [7, 11) is 0. The summed E-state index contributed by atoms with van der Waals surface area (Å²) < 4.78 is 5.49. The number of ether oxygens (including phenoxy) is 1. The summed E-state index contributed by atoms with van der Waals surface area (Å²) in [6, 6.07) is 9.03. The van der Waals surface area contributed by atoms with E-state index < -0.39 is 0 Å². The lowest BCUT2D eigenvalue weighted by atomic mass is 9.95. The van der Waals surface area contributed by atoms with E-state index in [2.05, 4.69) is 30.3 Å². The fourth-order valence-electron chi connectivity index (χ4n) is 2.62. The van der Waals surface area contributed by atoms with Gasteiger partial charge in [0.2, 0.25) is 0 Å². The lowest BCUT2D eigenvalue weighted by Crippen LogP contribution is -2.33. The van der Waals surface area contributed by atoms with Crippen LogP contribution in [-0.4, -0.2) is 24.2 Å². The molecule has 2 rings (SSSR count). The molecule has 0 spiro atoms. The van der Waals surface area contributed by atoms with Crippen molar-refractivity contribution in [2.24, 2.45) is 0 Å². The topological polar surface area (TPSA) is 21.3 Å². The van der Waals surface area contributed by atoms with Crippen LogP contribution in [-0.2, 0) is 6.54 Å². The van der Waals surface area contributed by atoms with E-state index >= 15 is 0 Å². The predicted octanol–water partition coefficient (Wildman–Crippen LogP) is 4.02. The van der Waals surface area contributed by atoms with Gasteiger partial charge < -0.3 is 10.1 Å². The Morgan fingerprint density at radius 1 is 1.25 bits per heavy atom. The standard InChI is InChI=1S/C17H25NOS/c1-3-12-19-16-8-4-14(5-9-16)13-18-15-6-10-17(20-2)11-7-15/h3-5,8-9,15,17-18H,1,6-7,10-13H2,2H3. The van der Waals surface area contributed by atoms with E-state index in [1.807, 2.05) is 23.9 Å². The first-order chi connectivity index (χ1) is 9.81.